The molecule has 2 rings (SSSR count). The molecule has 17 heavy (non-hydrogen) atoms. The van der Waals surface area contributed by atoms with Crippen molar-refractivity contribution in [2.24, 2.45) is 0 Å². The molecular weight excluding hydrogens is 684 g/mol. The van der Waals surface area contributed by atoms with Crippen molar-refractivity contribution in [1.29, 1.82) is 0 Å². The molecular formula is C12H8I4S. The van der Waals surface area contributed by atoms with E-state index >= 15 is 0 Å². The van der Waals surface area contributed by atoms with Gasteiger partial charge in [0, 0.05) is 19.2 Å². The van der Waals surface area contributed by atoms with Crippen molar-refractivity contribution in [2.45, 2.75) is 4.90 Å². The second-order valence-electron chi connectivity index (χ2n) is 3.02. The van der Waals surface area contributed by atoms with Crippen LogP contribution in [0.2, 0.25) is 0 Å². The maximum absolute atomic E-state index is 4.08. The maximum atomic E-state index is 4.08. The average Bonchev–Trinajstić information content (AvgIpc) is 2.28. The first-order valence-electron chi connectivity index (χ1n) is 4.54. The first kappa shape index (κ1) is 16.8. The molecule has 0 aliphatic rings. The predicted octanol–water partition coefficient (Wildman–Crippen LogP) is 6.08. The van der Waals surface area contributed by atoms with E-state index in [0.717, 1.165) is 4.90 Å². The lowest BCUT2D eigenvalue weighted by molar-refractivity contribution is 1.48. The Morgan fingerprint density at radius 3 is 1.24 bits per heavy atom. The second-order valence-corrected chi connectivity index (χ2v) is 8.18. The standard InChI is InChI=1S/C6H2I4.C6H6S/c7-3-1-4(8)6(10)2-5(3)9;7-6-4-2-1-3-5-6/h1-2H;1-5,7H. The Bertz CT molecular complexity index is 435. The second kappa shape index (κ2) is 8.80. The zero-order chi connectivity index (χ0) is 12.8. The van der Waals surface area contributed by atoms with E-state index < -0.39 is 0 Å². The van der Waals surface area contributed by atoms with E-state index in [1.807, 2.05) is 30.3 Å². The summed E-state index contributed by atoms with van der Waals surface area (Å²) in [4.78, 5) is 1.02. The molecule has 0 heterocycles. The smallest absolute Gasteiger partial charge is 0.0275 e. The number of hydrogen-bond acceptors (Lipinski definition) is 1. The van der Waals surface area contributed by atoms with E-state index in [2.05, 4.69) is 115 Å². The van der Waals surface area contributed by atoms with Gasteiger partial charge in [0.15, 0.2) is 0 Å². The average molecular weight is 692 g/mol. The van der Waals surface area contributed by atoms with Crippen molar-refractivity contribution in [2.75, 3.05) is 0 Å². The van der Waals surface area contributed by atoms with Crippen molar-refractivity contribution in [3.05, 3.63) is 56.7 Å². The normalized spacial score (nSPS) is 9.47. The lowest BCUT2D eigenvalue weighted by Crippen LogP contribution is -1.85. The van der Waals surface area contributed by atoms with Gasteiger partial charge in [-0.15, -0.1) is 12.6 Å². The van der Waals surface area contributed by atoms with E-state index in [1.54, 1.807) is 0 Å². The summed E-state index contributed by atoms with van der Waals surface area (Å²) in [5, 5.41) is 0. The monoisotopic (exact) mass is 692 g/mol. The van der Waals surface area contributed by atoms with E-state index in [9.17, 15) is 0 Å². The number of halogens is 4. The predicted molar refractivity (Wildman–Crippen MR) is 111 cm³/mol. The number of rotatable bonds is 0. The molecule has 2 aromatic carbocycles. The summed E-state index contributed by atoms with van der Waals surface area (Å²) < 4.78 is 5.34. The van der Waals surface area contributed by atoms with E-state index in [-0.39, 0.29) is 0 Å². The summed E-state index contributed by atoms with van der Waals surface area (Å²) in [5.74, 6) is 0. The maximum Gasteiger partial charge on any atom is 0.0275 e. The fraction of sp³-hybridized carbons (Fsp3) is 0. The van der Waals surface area contributed by atoms with Gasteiger partial charge in [0.25, 0.3) is 0 Å². The van der Waals surface area contributed by atoms with E-state index in [1.165, 1.54) is 14.3 Å². The Morgan fingerprint density at radius 1 is 0.647 bits per heavy atom. The lowest BCUT2D eigenvalue weighted by Gasteiger charge is -1.99. The van der Waals surface area contributed by atoms with Crippen molar-refractivity contribution >= 4 is 103 Å². The van der Waals surface area contributed by atoms with Gasteiger partial charge in [0.1, 0.15) is 0 Å². The van der Waals surface area contributed by atoms with Gasteiger partial charge in [-0.05, 0) is 115 Å². The highest BCUT2D eigenvalue weighted by molar-refractivity contribution is 14.1. The molecule has 0 fully saturated rings. The molecule has 0 aromatic heterocycles. The van der Waals surface area contributed by atoms with Gasteiger partial charge in [-0.1, -0.05) is 18.2 Å². The summed E-state index contributed by atoms with van der Waals surface area (Å²) in [6, 6.07) is 14.2. The zero-order valence-electron chi connectivity index (χ0n) is 8.50. The Labute approximate surface area is 162 Å². The third-order valence-electron chi connectivity index (χ3n) is 1.72. The van der Waals surface area contributed by atoms with Gasteiger partial charge in [-0.3, -0.25) is 0 Å². The van der Waals surface area contributed by atoms with Crippen LogP contribution in [0, 0.1) is 14.3 Å². The van der Waals surface area contributed by atoms with Gasteiger partial charge in [0.2, 0.25) is 0 Å². The Hall–Kier alpha value is 1.71. The van der Waals surface area contributed by atoms with Crippen molar-refractivity contribution in [3.8, 4) is 0 Å². The highest BCUT2D eigenvalue weighted by atomic mass is 127. The topological polar surface area (TPSA) is 0 Å². The van der Waals surface area contributed by atoms with Gasteiger partial charge in [0.05, 0.1) is 0 Å². The van der Waals surface area contributed by atoms with E-state index in [4.69, 9.17) is 0 Å². The molecule has 0 aliphatic carbocycles. The number of benzene rings is 2. The van der Waals surface area contributed by atoms with Crippen LogP contribution in [-0.2, 0) is 0 Å². The van der Waals surface area contributed by atoms with E-state index in [0.29, 0.717) is 0 Å². The lowest BCUT2D eigenvalue weighted by atomic mass is 10.4. The first-order valence-corrected chi connectivity index (χ1v) is 9.31. The van der Waals surface area contributed by atoms with Gasteiger partial charge >= 0.3 is 0 Å². The minimum atomic E-state index is 1.02. The summed E-state index contributed by atoms with van der Waals surface area (Å²) in [6.07, 6.45) is 0. The van der Waals surface area contributed by atoms with Crippen LogP contribution in [0.4, 0.5) is 0 Å². The fourth-order valence-corrected chi connectivity index (χ4v) is 4.16. The van der Waals surface area contributed by atoms with Crippen LogP contribution in [0.3, 0.4) is 0 Å². The summed E-state index contributed by atoms with van der Waals surface area (Å²) >= 11 is 13.5. The molecule has 0 aliphatic heterocycles. The Morgan fingerprint density at radius 2 is 1.00 bits per heavy atom. The number of thiol groups is 1. The molecule has 5 heteroatoms. The summed E-state index contributed by atoms with van der Waals surface area (Å²) in [7, 11) is 0. The Kier molecular flexibility index (Phi) is 8.67. The van der Waals surface area contributed by atoms with Crippen LogP contribution >= 0.6 is 103 Å². The summed E-state index contributed by atoms with van der Waals surface area (Å²) in [5.41, 5.74) is 0. The molecule has 0 spiro atoms. The highest BCUT2D eigenvalue weighted by Gasteiger charge is 2.00. The van der Waals surface area contributed by atoms with Crippen molar-refractivity contribution in [3.63, 3.8) is 0 Å². The minimum absolute atomic E-state index is 1.02. The van der Waals surface area contributed by atoms with Gasteiger partial charge in [-0.25, -0.2) is 0 Å². The molecule has 0 atom stereocenters. The van der Waals surface area contributed by atoms with Gasteiger partial charge in [-0.2, -0.15) is 0 Å². The molecule has 2 aromatic rings. The molecule has 90 valence electrons. The van der Waals surface area contributed by atoms with Crippen LogP contribution in [-0.4, -0.2) is 0 Å². The highest BCUT2D eigenvalue weighted by Crippen LogP contribution is 2.22. The van der Waals surface area contributed by atoms with Crippen LogP contribution in [0.5, 0.6) is 0 Å². The molecule has 0 unspecified atom stereocenters. The van der Waals surface area contributed by atoms with Crippen molar-refractivity contribution < 1.29 is 0 Å². The first-order chi connectivity index (χ1) is 8.00. The van der Waals surface area contributed by atoms with Crippen LogP contribution in [0.25, 0.3) is 0 Å². The van der Waals surface area contributed by atoms with Crippen LogP contribution < -0.4 is 0 Å². The number of hydrogen-bond donors (Lipinski definition) is 1. The molecule has 0 radical (unpaired) electrons. The third kappa shape index (κ3) is 6.61. The molecule has 0 nitrogen and oxygen atoms in total. The SMILES string of the molecule is Ic1cc(I)c(I)cc1I.Sc1ccccc1. The van der Waals surface area contributed by atoms with Gasteiger partial charge < -0.3 is 0 Å². The molecule has 0 saturated heterocycles. The minimum Gasteiger partial charge on any atom is -0.143 e. The fourth-order valence-electron chi connectivity index (χ4n) is 0.926. The quantitative estimate of drug-likeness (QED) is 0.194. The molecule has 0 saturated carbocycles. The molecule has 0 N–H and O–H groups in total. The largest absolute Gasteiger partial charge is 0.143 e. The van der Waals surface area contributed by atoms with Crippen LogP contribution in [0.15, 0.2) is 47.4 Å². The van der Waals surface area contributed by atoms with Crippen molar-refractivity contribution in [1.82, 2.24) is 0 Å². The zero-order valence-corrected chi connectivity index (χ0v) is 18.0. The van der Waals surface area contributed by atoms with Crippen LogP contribution in [0.1, 0.15) is 0 Å². The molecule has 0 bridgehead atoms. The molecule has 0 amide bonds. The summed E-state index contributed by atoms with van der Waals surface area (Å²) in [6.45, 7) is 0. The Balaban J connectivity index is 0.000000181. The third-order valence-corrected chi connectivity index (χ3v) is 7.65.